The number of benzene rings is 1. The van der Waals surface area contributed by atoms with Gasteiger partial charge in [0.1, 0.15) is 5.82 Å². The van der Waals surface area contributed by atoms with Crippen molar-refractivity contribution in [1.29, 1.82) is 0 Å². The number of pyridine rings is 1. The number of halogens is 1. The Morgan fingerprint density at radius 1 is 1.28 bits per heavy atom. The fourth-order valence-electron chi connectivity index (χ4n) is 1.42. The minimum Gasteiger partial charge on any atom is -0.293 e. The topological polar surface area (TPSA) is 30.0 Å². The molecule has 0 aliphatic rings. The van der Waals surface area contributed by atoms with Crippen LogP contribution < -0.4 is 0 Å². The summed E-state index contributed by atoms with van der Waals surface area (Å²) >= 11 is 1.20. The first kappa shape index (κ1) is 12.8. The van der Waals surface area contributed by atoms with E-state index in [2.05, 4.69) is 4.98 Å². The number of thioether (sulfide) groups is 1. The Morgan fingerprint density at radius 2 is 2.06 bits per heavy atom. The van der Waals surface area contributed by atoms with Gasteiger partial charge in [0.15, 0.2) is 5.78 Å². The minimum absolute atomic E-state index is 0.0456. The highest BCUT2D eigenvalue weighted by atomic mass is 32.2. The average Bonchev–Trinajstić information content (AvgIpc) is 2.38. The summed E-state index contributed by atoms with van der Waals surface area (Å²) in [5.74, 6) is -0.126. The normalized spacial score (nSPS) is 10.3. The zero-order valence-electron chi connectivity index (χ0n) is 9.89. The van der Waals surface area contributed by atoms with Crippen LogP contribution in [0.15, 0.2) is 47.5 Å². The van der Waals surface area contributed by atoms with Gasteiger partial charge in [-0.05, 0) is 31.2 Å². The van der Waals surface area contributed by atoms with E-state index in [1.165, 1.54) is 17.8 Å². The summed E-state index contributed by atoms with van der Waals surface area (Å²) < 4.78 is 13.4. The molecule has 0 fully saturated rings. The van der Waals surface area contributed by atoms with Crippen molar-refractivity contribution in [2.45, 2.75) is 11.8 Å². The molecule has 0 saturated carbocycles. The van der Waals surface area contributed by atoms with Crippen LogP contribution in [0.1, 0.15) is 16.1 Å². The van der Waals surface area contributed by atoms with Crippen molar-refractivity contribution in [2.24, 2.45) is 0 Å². The monoisotopic (exact) mass is 261 g/mol. The molecule has 0 aliphatic heterocycles. The molecular formula is C14H12FNOS. The molecule has 0 N–H and O–H groups in total. The number of nitrogens with zero attached hydrogens (tertiary/aromatic N) is 1. The summed E-state index contributed by atoms with van der Waals surface area (Å²) in [5, 5.41) is 0. The first-order chi connectivity index (χ1) is 8.66. The number of aryl methyl sites for hydroxylation is 1. The molecule has 1 heterocycles. The number of rotatable bonds is 4. The lowest BCUT2D eigenvalue weighted by molar-refractivity contribution is 0.102. The van der Waals surface area contributed by atoms with E-state index in [1.54, 1.807) is 36.5 Å². The Balaban J connectivity index is 2.01. The lowest BCUT2D eigenvalue weighted by Gasteiger charge is -2.02. The van der Waals surface area contributed by atoms with E-state index in [0.717, 1.165) is 5.69 Å². The van der Waals surface area contributed by atoms with Crippen LogP contribution in [0.4, 0.5) is 4.39 Å². The third-order valence-corrected chi connectivity index (χ3v) is 3.48. The first-order valence-electron chi connectivity index (χ1n) is 5.50. The summed E-state index contributed by atoms with van der Waals surface area (Å²) in [5.41, 5.74) is 1.43. The highest BCUT2D eigenvalue weighted by Gasteiger charge is 2.08. The molecule has 2 nitrogen and oxygen atoms in total. The summed E-state index contributed by atoms with van der Waals surface area (Å²) in [7, 11) is 0. The summed E-state index contributed by atoms with van der Waals surface area (Å²) in [4.78, 5) is 16.4. The second kappa shape index (κ2) is 5.78. The van der Waals surface area contributed by atoms with Gasteiger partial charge in [-0.3, -0.25) is 9.78 Å². The third kappa shape index (κ3) is 3.17. The molecule has 0 amide bonds. The number of Topliss-reactive ketones (excluding diaryl/α,β-unsaturated/α-hetero) is 1. The van der Waals surface area contributed by atoms with Gasteiger partial charge in [0.25, 0.3) is 0 Å². The van der Waals surface area contributed by atoms with E-state index in [9.17, 15) is 9.18 Å². The highest BCUT2D eigenvalue weighted by molar-refractivity contribution is 8.00. The second-order valence-corrected chi connectivity index (χ2v) is 4.85. The number of ketones is 1. The second-order valence-electron chi connectivity index (χ2n) is 3.83. The molecule has 4 heteroatoms. The van der Waals surface area contributed by atoms with Crippen LogP contribution in [0.5, 0.6) is 0 Å². The third-order valence-electron chi connectivity index (χ3n) is 2.43. The van der Waals surface area contributed by atoms with E-state index < -0.39 is 0 Å². The largest absolute Gasteiger partial charge is 0.293 e. The molecule has 0 saturated heterocycles. The van der Waals surface area contributed by atoms with Gasteiger partial charge in [0.2, 0.25) is 0 Å². The van der Waals surface area contributed by atoms with Crippen LogP contribution in [-0.4, -0.2) is 16.5 Å². The van der Waals surface area contributed by atoms with Gasteiger partial charge < -0.3 is 0 Å². The molecule has 0 unspecified atom stereocenters. The summed E-state index contributed by atoms with van der Waals surface area (Å²) in [6.45, 7) is 1.86. The number of aromatic nitrogens is 1. The SMILES string of the molecule is Cc1ccc(C(=O)CSc2ccccc2F)cn1. The lowest BCUT2D eigenvalue weighted by atomic mass is 10.2. The van der Waals surface area contributed by atoms with Gasteiger partial charge >= 0.3 is 0 Å². The number of hydrogen-bond acceptors (Lipinski definition) is 3. The zero-order valence-corrected chi connectivity index (χ0v) is 10.7. The van der Waals surface area contributed by atoms with E-state index in [4.69, 9.17) is 0 Å². The smallest absolute Gasteiger partial charge is 0.174 e. The van der Waals surface area contributed by atoms with Gasteiger partial charge in [0, 0.05) is 22.3 Å². The predicted molar refractivity (Wildman–Crippen MR) is 70.4 cm³/mol. The van der Waals surface area contributed by atoms with Crippen LogP contribution in [0.25, 0.3) is 0 Å². The van der Waals surface area contributed by atoms with E-state index in [-0.39, 0.29) is 17.4 Å². The molecule has 18 heavy (non-hydrogen) atoms. The average molecular weight is 261 g/mol. The van der Waals surface area contributed by atoms with Gasteiger partial charge in [0.05, 0.1) is 5.75 Å². The number of hydrogen-bond donors (Lipinski definition) is 0. The fourth-order valence-corrected chi connectivity index (χ4v) is 2.26. The van der Waals surface area contributed by atoms with Gasteiger partial charge in [-0.25, -0.2) is 4.39 Å². The Labute approximate surface area is 109 Å². The lowest BCUT2D eigenvalue weighted by Crippen LogP contribution is -2.03. The molecule has 2 rings (SSSR count). The van der Waals surface area contributed by atoms with E-state index >= 15 is 0 Å². The van der Waals surface area contributed by atoms with Crippen molar-refractivity contribution in [3.05, 3.63) is 59.7 Å². The highest BCUT2D eigenvalue weighted by Crippen LogP contribution is 2.22. The molecule has 0 aliphatic carbocycles. The number of carbonyl (C=O) groups excluding carboxylic acids is 1. The Hall–Kier alpha value is -1.68. The van der Waals surface area contributed by atoms with Crippen molar-refractivity contribution in [3.63, 3.8) is 0 Å². The molecule has 0 atom stereocenters. The quantitative estimate of drug-likeness (QED) is 0.623. The maximum absolute atomic E-state index is 13.4. The van der Waals surface area contributed by atoms with Gasteiger partial charge in [-0.2, -0.15) is 0 Å². The molecular weight excluding hydrogens is 249 g/mol. The van der Waals surface area contributed by atoms with Crippen LogP contribution in [-0.2, 0) is 0 Å². The van der Waals surface area contributed by atoms with Gasteiger partial charge in [-0.15, -0.1) is 11.8 Å². The Bertz CT molecular complexity index is 554. The maximum atomic E-state index is 13.4. The Kier molecular flexibility index (Phi) is 4.10. The Morgan fingerprint density at radius 3 is 2.72 bits per heavy atom. The predicted octanol–water partition coefficient (Wildman–Crippen LogP) is 3.50. The van der Waals surface area contributed by atoms with E-state index in [1.807, 2.05) is 6.92 Å². The van der Waals surface area contributed by atoms with Crippen LogP contribution in [0.3, 0.4) is 0 Å². The van der Waals surface area contributed by atoms with Crippen LogP contribution in [0, 0.1) is 12.7 Å². The summed E-state index contributed by atoms with van der Waals surface area (Å²) in [6, 6.07) is 9.98. The van der Waals surface area contributed by atoms with Crippen molar-refractivity contribution in [2.75, 3.05) is 5.75 Å². The fraction of sp³-hybridized carbons (Fsp3) is 0.143. The van der Waals surface area contributed by atoms with Crippen molar-refractivity contribution >= 4 is 17.5 Å². The zero-order chi connectivity index (χ0) is 13.0. The minimum atomic E-state index is -0.294. The maximum Gasteiger partial charge on any atom is 0.174 e. The van der Waals surface area contributed by atoms with Crippen molar-refractivity contribution < 1.29 is 9.18 Å². The van der Waals surface area contributed by atoms with Crippen LogP contribution in [0.2, 0.25) is 0 Å². The molecule has 0 bridgehead atoms. The molecule has 0 spiro atoms. The molecule has 2 aromatic rings. The standard InChI is InChI=1S/C14H12FNOS/c1-10-6-7-11(8-16-10)13(17)9-18-14-5-3-2-4-12(14)15/h2-8H,9H2,1H3. The summed E-state index contributed by atoms with van der Waals surface area (Å²) in [6.07, 6.45) is 1.56. The molecule has 92 valence electrons. The first-order valence-corrected chi connectivity index (χ1v) is 6.48. The molecule has 0 radical (unpaired) electrons. The number of carbonyl (C=O) groups is 1. The van der Waals surface area contributed by atoms with Crippen LogP contribution >= 0.6 is 11.8 Å². The van der Waals surface area contributed by atoms with Crippen molar-refractivity contribution in [3.8, 4) is 0 Å². The van der Waals surface area contributed by atoms with E-state index in [0.29, 0.717) is 10.5 Å². The molecule has 1 aromatic carbocycles. The molecule has 1 aromatic heterocycles. The van der Waals surface area contributed by atoms with Crippen molar-refractivity contribution in [1.82, 2.24) is 4.98 Å². The van der Waals surface area contributed by atoms with Gasteiger partial charge in [-0.1, -0.05) is 12.1 Å².